The first kappa shape index (κ1) is 20.5. The predicted molar refractivity (Wildman–Crippen MR) is 107 cm³/mol. The minimum Gasteiger partial charge on any atom is -0.493 e. The van der Waals surface area contributed by atoms with Crippen molar-refractivity contribution in [1.29, 1.82) is 0 Å². The van der Waals surface area contributed by atoms with Crippen LogP contribution in [0.15, 0.2) is 12.1 Å². The van der Waals surface area contributed by atoms with Crippen LogP contribution in [0.2, 0.25) is 0 Å². The lowest BCUT2D eigenvalue weighted by molar-refractivity contribution is 0.187. The Morgan fingerprint density at radius 1 is 1.07 bits per heavy atom. The van der Waals surface area contributed by atoms with Gasteiger partial charge in [0.05, 0.1) is 46.4 Å². The maximum atomic E-state index is 12.8. The van der Waals surface area contributed by atoms with Crippen LogP contribution in [0.4, 0.5) is 20.4 Å². The van der Waals surface area contributed by atoms with E-state index in [1.807, 2.05) is 0 Å². The number of methoxy groups -OCH3 is 4. The number of hydrogen-bond acceptors (Lipinski definition) is 8. The molecule has 0 aliphatic carbocycles. The molecule has 156 valence electrons. The van der Waals surface area contributed by atoms with Crippen LogP contribution in [0, 0.1) is 0 Å². The van der Waals surface area contributed by atoms with Crippen LogP contribution in [0.3, 0.4) is 0 Å². The van der Waals surface area contributed by atoms with Crippen LogP contribution in [0.25, 0.3) is 0 Å². The van der Waals surface area contributed by atoms with Gasteiger partial charge in [0, 0.05) is 30.0 Å². The Kier molecular flexibility index (Phi) is 6.27. The molecule has 1 aliphatic rings. The smallest absolute Gasteiger partial charge is 0.413 e. The van der Waals surface area contributed by atoms with E-state index in [1.54, 1.807) is 17.0 Å². The largest absolute Gasteiger partial charge is 0.493 e. The van der Waals surface area contributed by atoms with Crippen LogP contribution in [-0.4, -0.2) is 57.0 Å². The summed E-state index contributed by atoms with van der Waals surface area (Å²) in [6, 6.07) is 3.07. The average Bonchev–Trinajstić information content (AvgIpc) is 3.13. The van der Waals surface area contributed by atoms with Crippen LogP contribution >= 0.6 is 11.3 Å². The molecule has 11 heteroatoms. The summed E-state index contributed by atoms with van der Waals surface area (Å²) in [5, 5.41) is 5.87. The summed E-state index contributed by atoms with van der Waals surface area (Å²) < 4.78 is 20.5. The number of carbonyl (C=O) groups is 2. The molecule has 0 bridgehead atoms. The molecule has 2 N–H and O–H groups in total. The third-order valence-corrected chi connectivity index (χ3v) is 5.33. The number of fused-ring (bicyclic) bond motifs is 1. The Balaban J connectivity index is 1.72. The highest BCUT2D eigenvalue weighted by Crippen LogP contribution is 2.40. The Morgan fingerprint density at radius 2 is 1.76 bits per heavy atom. The minimum absolute atomic E-state index is 0.263. The van der Waals surface area contributed by atoms with Crippen LogP contribution in [0.1, 0.15) is 10.6 Å². The Morgan fingerprint density at radius 3 is 2.34 bits per heavy atom. The summed E-state index contributed by atoms with van der Waals surface area (Å²) >= 11 is 1.32. The van der Waals surface area contributed by atoms with Crippen molar-refractivity contribution < 1.29 is 28.5 Å². The van der Waals surface area contributed by atoms with Crippen LogP contribution in [0.5, 0.6) is 17.2 Å². The Bertz CT molecular complexity index is 891. The number of aromatic nitrogens is 1. The van der Waals surface area contributed by atoms with E-state index < -0.39 is 6.09 Å². The van der Waals surface area contributed by atoms with Gasteiger partial charge in [-0.1, -0.05) is 11.3 Å². The van der Waals surface area contributed by atoms with Gasteiger partial charge in [-0.2, -0.15) is 0 Å². The van der Waals surface area contributed by atoms with E-state index >= 15 is 0 Å². The molecule has 2 heterocycles. The predicted octanol–water partition coefficient (Wildman–Crippen LogP) is 2.94. The fourth-order valence-electron chi connectivity index (χ4n) is 2.92. The van der Waals surface area contributed by atoms with E-state index in [1.165, 1.54) is 39.8 Å². The zero-order valence-corrected chi connectivity index (χ0v) is 17.3. The fraction of sp³-hybridized carbons (Fsp3) is 0.389. The van der Waals surface area contributed by atoms with Gasteiger partial charge in [0.2, 0.25) is 5.75 Å². The van der Waals surface area contributed by atoms with Gasteiger partial charge >= 0.3 is 12.1 Å². The number of nitrogens with zero attached hydrogens (tertiary/aromatic N) is 2. The van der Waals surface area contributed by atoms with Crippen LogP contribution in [-0.2, 0) is 17.7 Å². The molecule has 29 heavy (non-hydrogen) atoms. The van der Waals surface area contributed by atoms with E-state index in [2.05, 4.69) is 20.4 Å². The van der Waals surface area contributed by atoms with E-state index in [0.29, 0.717) is 47.6 Å². The molecule has 0 saturated carbocycles. The van der Waals surface area contributed by atoms with E-state index in [0.717, 1.165) is 10.6 Å². The maximum Gasteiger partial charge on any atom is 0.413 e. The first-order valence-corrected chi connectivity index (χ1v) is 9.50. The summed E-state index contributed by atoms with van der Waals surface area (Å²) in [6.45, 7) is 0.900. The Labute approximate surface area is 171 Å². The molecule has 3 rings (SSSR count). The maximum absolute atomic E-state index is 12.8. The van der Waals surface area contributed by atoms with Crippen LogP contribution < -0.4 is 24.8 Å². The molecule has 0 radical (unpaired) electrons. The van der Waals surface area contributed by atoms with Crippen molar-refractivity contribution >= 4 is 34.3 Å². The van der Waals surface area contributed by atoms with Gasteiger partial charge in [-0.25, -0.2) is 14.6 Å². The summed E-state index contributed by atoms with van der Waals surface area (Å²) in [5.74, 6) is 1.35. The van der Waals surface area contributed by atoms with Crippen molar-refractivity contribution in [2.45, 2.75) is 13.0 Å². The number of carbonyl (C=O) groups excluding carboxylic acids is 2. The number of anilines is 2. The number of thiazole rings is 1. The third-order valence-electron chi connectivity index (χ3n) is 4.33. The monoisotopic (exact) mass is 422 g/mol. The summed E-state index contributed by atoms with van der Waals surface area (Å²) in [6.07, 6.45) is 0.0188. The molecule has 0 fully saturated rings. The van der Waals surface area contributed by atoms with Gasteiger partial charge in [-0.05, 0) is 0 Å². The van der Waals surface area contributed by atoms with Gasteiger partial charge in [0.25, 0.3) is 0 Å². The minimum atomic E-state index is -0.576. The number of nitrogens with one attached hydrogen (secondary N) is 2. The quantitative estimate of drug-likeness (QED) is 0.762. The number of urea groups is 1. The van der Waals surface area contributed by atoms with Crippen molar-refractivity contribution in [2.24, 2.45) is 0 Å². The average molecular weight is 422 g/mol. The third kappa shape index (κ3) is 4.45. The lowest BCUT2D eigenvalue weighted by Gasteiger charge is -2.26. The highest BCUT2D eigenvalue weighted by atomic mass is 32.1. The molecular formula is C18H22N4O6S. The van der Waals surface area contributed by atoms with Crippen molar-refractivity contribution in [3.05, 3.63) is 22.7 Å². The number of amides is 3. The lowest BCUT2D eigenvalue weighted by atomic mass is 10.2. The van der Waals surface area contributed by atoms with Crippen molar-refractivity contribution in [3.63, 3.8) is 0 Å². The summed E-state index contributed by atoms with van der Waals surface area (Å²) in [5.41, 5.74) is 1.39. The van der Waals surface area contributed by atoms with E-state index in [-0.39, 0.29) is 6.03 Å². The molecule has 0 unspecified atom stereocenters. The molecule has 1 aromatic carbocycles. The molecule has 3 amide bonds. The zero-order chi connectivity index (χ0) is 21.0. The summed E-state index contributed by atoms with van der Waals surface area (Å²) in [7, 11) is 5.83. The van der Waals surface area contributed by atoms with Gasteiger partial charge in [0.1, 0.15) is 0 Å². The first-order valence-electron chi connectivity index (χ1n) is 8.68. The molecule has 1 aromatic heterocycles. The molecule has 2 aromatic rings. The van der Waals surface area contributed by atoms with Gasteiger partial charge in [-0.3, -0.25) is 5.32 Å². The van der Waals surface area contributed by atoms with Gasteiger partial charge in [-0.15, -0.1) is 0 Å². The molecule has 0 spiro atoms. The first-order chi connectivity index (χ1) is 14.0. The number of benzene rings is 1. The van der Waals surface area contributed by atoms with Crippen molar-refractivity contribution in [3.8, 4) is 17.2 Å². The second kappa shape index (κ2) is 8.86. The van der Waals surface area contributed by atoms with E-state index in [4.69, 9.17) is 14.2 Å². The summed E-state index contributed by atoms with van der Waals surface area (Å²) in [4.78, 5) is 31.1. The lowest BCUT2D eigenvalue weighted by Crippen LogP contribution is -2.38. The molecule has 0 saturated heterocycles. The van der Waals surface area contributed by atoms with E-state index in [9.17, 15) is 9.59 Å². The molecule has 10 nitrogen and oxygen atoms in total. The Hall–Kier alpha value is -3.21. The standard InChI is InChI=1S/C18H22N4O6S/c1-25-12-7-10(8-13(26-2)15(12)27-3)19-17(23)22-6-5-11-14(9-22)29-16(20-11)21-18(24)28-4/h7-8H,5-6,9H2,1-4H3,(H,19,23)(H,20,21,24). The number of ether oxygens (including phenoxy) is 4. The zero-order valence-electron chi connectivity index (χ0n) is 16.5. The van der Waals surface area contributed by atoms with Gasteiger partial charge in [0.15, 0.2) is 16.6 Å². The SMILES string of the molecule is COC(=O)Nc1nc2c(s1)CN(C(=O)Nc1cc(OC)c(OC)c(OC)c1)CC2. The molecular weight excluding hydrogens is 400 g/mol. The van der Waals surface area contributed by atoms with Crippen molar-refractivity contribution in [2.75, 3.05) is 45.6 Å². The number of hydrogen-bond donors (Lipinski definition) is 2. The van der Waals surface area contributed by atoms with Gasteiger partial charge < -0.3 is 29.2 Å². The highest BCUT2D eigenvalue weighted by Gasteiger charge is 2.25. The fourth-order valence-corrected chi connectivity index (χ4v) is 3.93. The second-order valence-corrected chi connectivity index (χ2v) is 7.10. The molecule has 0 atom stereocenters. The van der Waals surface area contributed by atoms with Crippen molar-refractivity contribution in [1.82, 2.24) is 9.88 Å². The number of rotatable bonds is 5. The second-order valence-electron chi connectivity index (χ2n) is 6.02. The normalized spacial score (nSPS) is 12.6. The topological polar surface area (TPSA) is 111 Å². The highest BCUT2D eigenvalue weighted by molar-refractivity contribution is 7.15. The molecule has 1 aliphatic heterocycles.